The summed E-state index contributed by atoms with van der Waals surface area (Å²) in [6, 6.07) is 9.28. The van der Waals surface area contributed by atoms with Gasteiger partial charge in [0.05, 0.1) is 36.2 Å². The number of nitro benzene ring substituents is 1. The molecule has 178 valence electrons. The number of aromatic nitrogens is 1. The van der Waals surface area contributed by atoms with Gasteiger partial charge < -0.3 is 14.9 Å². The molecule has 0 aliphatic rings. The molecule has 3 rings (SSSR count). The van der Waals surface area contributed by atoms with Crippen LogP contribution in [0.15, 0.2) is 58.7 Å². The second-order valence-corrected chi connectivity index (χ2v) is 8.58. The molecule has 12 nitrogen and oxygen atoms in total. The highest BCUT2D eigenvalue weighted by atomic mass is 32.2. The van der Waals surface area contributed by atoms with E-state index in [4.69, 9.17) is 4.74 Å². The monoisotopic (exact) mass is 487 g/mol. The molecule has 0 aliphatic heterocycles. The number of nitro groups is 1. The van der Waals surface area contributed by atoms with E-state index in [1.165, 1.54) is 37.7 Å². The van der Waals surface area contributed by atoms with Gasteiger partial charge in [0.2, 0.25) is 0 Å². The minimum Gasteiger partial charge on any atom is -0.505 e. The first kappa shape index (κ1) is 24.4. The normalized spacial score (nSPS) is 11.4. The fourth-order valence-electron chi connectivity index (χ4n) is 2.90. The molecule has 0 saturated carbocycles. The number of pyridine rings is 1. The number of hydrazone groups is 1. The average Bonchev–Trinajstić information content (AvgIpc) is 2.82. The Kier molecular flexibility index (Phi) is 7.28. The van der Waals surface area contributed by atoms with Crippen molar-refractivity contribution >= 4 is 33.3 Å². The summed E-state index contributed by atoms with van der Waals surface area (Å²) in [5.41, 5.74) is 3.04. The number of aliphatic hydroxyl groups excluding tert-OH is 1. The van der Waals surface area contributed by atoms with Gasteiger partial charge in [0, 0.05) is 35.1 Å². The number of aliphatic hydroxyl groups is 1. The first-order valence-corrected chi connectivity index (χ1v) is 11.2. The Morgan fingerprint density at radius 2 is 1.94 bits per heavy atom. The van der Waals surface area contributed by atoms with Gasteiger partial charge in [0.15, 0.2) is 0 Å². The summed E-state index contributed by atoms with van der Waals surface area (Å²) in [6.45, 7) is 1.15. The highest BCUT2D eigenvalue weighted by Crippen LogP contribution is 2.29. The van der Waals surface area contributed by atoms with Gasteiger partial charge in [-0.3, -0.25) is 25.2 Å². The lowest BCUT2D eigenvalue weighted by Gasteiger charge is -2.12. The quantitative estimate of drug-likeness (QED) is 0.201. The van der Waals surface area contributed by atoms with Gasteiger partial charge in [-0.05, 0) is 37.3 Å². The minimum absolute atomic E-state index is 0.0568. The van der Waals surface area contributed by atoms with E-state index in [9.17, 15) is 28.7 Å². The number of benzene rings is 2. The van der Waals surface area contributed by atoms with Crippen LogP contribution in [0.5, 0.6) is 11.5 Å². The predicted octanol–water partition coefficient (Wildman–Crippen LogP) is 2.75. The van der Waals surface area contributed by atoms with Crippen LogP contribution in [0.25, 0.3) is 0 Å². The van der Waals surface area contributed by atoms with Crippen LogP contribution in [0.4, 0.5) is 17.1 Å². The van der Waals surface area contributed by atoms with Crippen LogP contribution in [-0.4, -0.2) is 41.9 Å². The molecule has 1 heterocycles. The van der Waals surface area contributed by atoms with Crippen molar-refractivity contribution in [3.8, 4) is 11.5 Å². The topological polar surface area (TPSA) is 176 Å². The van der Waals surface area contributed by atoms with Gasteiger partial charge in [0.25, 0.3) is 15.7 Å². The maximum Gasteiger partial charge on any atom is 0.270 e. The lowest BCUT2D eigenvalue weighted by molar-refractivity contribution is -0.385. The van der Waals surface area contributed by atoms with Gasteiger partial charge in [0.1, 0.15) is 16.4 Å². The van der Waals surface area contributed by atoms with Crippen molar-refractivity contribution in [3.05, 3.63) is 75.6 Å². The number of anilines is 2. The number of hydrogen-bond donors (Lipinski definition) is 4. The van der Waals surface area contributed by atoms with Crippen molar-refractivity contribution in [2.45, 2.75) is 18.4 Å². The molecule has 0 spiro atoms. The van der Waals surface area contributed by atoms with E-state index in [2.05, 4.69) is 20.2 Å². The molecule has 0 atom stereocenters. The maximum absolute atomic E-state index is 13.0. The second kappa shape index (κ2) is 10.1. The number of hydrogen-bond acceptors (Lipinski definition) is 10. The fourth-order valence-corrected chi connectivity index (χ4v) is 4.13. The molecule has 1 aromatic heterocycles. The van der Waals surface area contributed by atoms with Crippen LogP contribution >= 0.6 is 0 Å². The summed E-state index contributed by atoms with van der Waals surface area (Å²) < 4.78 is 33.5. The molecule has 13 heteroatoms. The minimum atomic E-state index is -4.27. The van der Waals surface area contributed by atoms with Gasteiger partial charge in [-0.1, -0.05) is 0 Å². The highest BCUT2D eigenvalue weighted by molar-refractivity contribution is 7.92. The van der Waals surface area contributed by atoms with E-state index >= 15 is 0 Å². The average molecular weight is 487 g/mol. The molecule has 0 radical (unpaired) electrons. The number of rotatable bonds is 9. The molecule has 0 aliphatic carbocycles. The molecule has 4 N–H and O–H groups in total. The number of aromatic hydroxyl groups is 1. The van der Waals surface area contributed by atoms with Crippen LogP contribution in [0.1, 0.15) is 16.8 Å². The van der Waals surface area contributed by atoms with Crippen molar-refractivity contribution in [1.82, 2.24) is 4.98 Å². The van der Waals surface area contributed by atoms with E-state index in [-0.39, 0.29) is 22.7 Å². The maximum atomic E-state index is 13.0. The van der Waals surface area contributed by atoms with Crippen LogP contribution in [0, 0.1) is 17.0 Å². The van der Waals surface area contributed by atoms with Crippen molar-refractivity contribution in [2.75, 3.05) is 17.3 Å². The number of nitrogens with one attached hydrogen (secondary N) is 2. The Hall–Kier alpha value is -4.23. The summed E-state index contributed by atoms with van der Waals surface area (Å²) in [5, 5.41) is 34.8. The zero-order valence-corrected chi connectivity index (χ0v) is 18.9. The van der Waals surface area contributed by atoms with Crippen molar-refractivity contribution in [1.29, 1.82) is 0 Å². The number of methoxy groups -OCH3 is 1. The Bertz CT molecular complexity index is 1340. The Morgan fingerprint density at radius 1 is 1.24 bits per heavy atom. The standard InChI is InChI=1S/C21H21N5O7S/c1-13-21(28)18(14(12-27)10-22-13)11-23-24-19-8-5-16(26(29)30)9-20(19)34(31,32)25-15-3-6-17(33-2)7-4-15/h3-11,24-25,27-28H,12H2,1-2H3. The number of nitrogens with zero attached hydrogens (tertiary/aromatic N) is 3. The summed E-state index contributed by atoms with van der Waals surface area (Å²) >= 11 is 0. The first-order chi connectivity index (χ1) is 16.2. The zero-order chi connectivity index (χ0) is 24.9. The van der Waals surface area contributed by atoms with Crippen LogP contribution < -0.4 is 14.9 Å². The van der Waals surface area contributed by atoms with Crippen molar-refractivity contribution in [2.24, 2.45) is 5.10 Å². The smallest absolute Gasteiger partial charge is 0.270 e. The Balaban J connectivity index is 1.97. The van der Waals surface area contributed by atoms with E-state index in [1.54, 1.807) is 19.1 Å². The summed E-state index contributed by atoms with van der Waals surface area (Å²) in [6.07, 6.45) is 2.56. The third-order valence-corrected chi connectivity index (χ3v) is 6.14. The molecule has 3 aromatic rings. The fraction of sp³-hybridized carbons (Fsp3) is 0.143. The predicted molar refractivity (Wildman–Crippen MR) is 125 cm³/mol. The molecule has 0 fully saturated rings. The zero-order valence-electron chi connectivity index (χ0n) is 18.1. The Labute approximate surface area is 194 Å². The van der Waals surface area contributed by atoms with Crippen molar-refractivity contribution in [3.63, 3.8) is 0 Å². The van der Waals surface area contributed by atoms with Crippen LogP contribution in [0.3, 0.4) is 0 Å². The Morgan fingerprint density at radius 3 is 2.56 bits per heavy atom. The molecule has 0 saturated heterocycles. The summed E-state index contributed by atoms with van der Waals surface area (Å²) in [5.74, 6) is 0.321. The third-order valence-electron chi connectivity index (χ3n) is 4.71. The van der Waals surface area contributed by atoms with Crippen LogP contribution in [0.2, 0.25) is 0 Å². The number of aryl methyl sites for hydroxylation is 1. The number of sulfonamides is 1. The van der Waals surface area contributed by atoms with Gasteiger partial charge >= 0.3 is 0 Å². The van der Waals surface area contributed by atoms with Gasteiger partial charge in [-0.25, -0.2) is 8.42 Å². The lowest BCUT2D eigenvalue weighted by Crippen LogP contribution is -2.15. The summed E-state index contributed by atoms with van der Waals surface area (Å²) in [7, 11) is -2.80. The molecule has 34 heavy (non-hydrogen) atoms. The lowest BCUT2D eigenvalue weighted by atomic mass is 10.1. The molecule has 0 unspecified atom stereocenters. The third kappa shape index (κ3) is 5.39. The van der Waals surface area contributed by atoms with Gasteiger partial charge in [-0.2, -0.15) is 5.10 Å². The summed E-state index contributed by atoms with van der Waals surface area (Å²) in [4.78, 5) is 14.0. The molecule has 0 bridgehead atoms. The van der Waals surface area contributed by atoms with Crippen molar-refractivity contribution < 1.29 is 28.3 Å². The number of non-ortho nitro benzene ring substituents is 1. The largest absolute Gasteiger partial charge is 0.505 e. The first-order valence-electron chi connectivity index (χ1n) is 9.69. The molecule has 2 aromatic carbocycles. The molecular weight excluding hydrogens is 466 g/mol. The SMILES string of the molecule is COc1ccc(NS(=O)(=O)c2cc([N+](=O)[O-])ccc2NN=Cc2c(CO)cnc(C)c2O)cc1. The van der Waals surface area contributed by atoms with E-state index in [1.807, 2.05) is 0 Å². The van der Waals surface area contributed by atoms with Crippen LogP contribution in [-0.2, 0) is 16.6 Å². The van der Waals surface area contributed by atoms with E-state index in [0.717, 1.165) is 12.1 Å². The highest BCUT2D eigenvalue weighted by Gasteiger charge is 2.23. The van der Waals surface area contributed by atoms with Gasteiger partial charge in [-0.15, -0.1) is 0 Å². The second-order valence-electron chi connectivity index (χ2n) is 6.93. The number of ether oxygens (including phenoxy) is 1. The molecular formula is C21H21N5O7S. The van der Waals surface area contributed by atoms with E-state index in [0.29, 0.717) is 17.0 Å². The van der Waals surface area contributed by atoms with E-state index < -0.39 is 32.1 Å². The molecule has 0 amide bonds.